The van der Waals surface area contributed by atoms with Gasteiger partial charge in [0.25, 0.3) is 0 Å². The number of benzene rings is 1. The van der Waals surface area contributed by atoms with E-state index < -0.39 is 0 Å². The molecule has 5 heteroatoms. The molecule has 2 heterocycles. The van der Waals surface area contributed by atoms with Crippen LogP contribution in [-0.4, -0.2) is 42.0 Å². The molecule has 0 amide bonds. The molecular weight excluding hydrogens is 310 g/mol. The number of likely N-dealkylation sites (tertiary alicyclic amines) is 1. The molecule has 1 fully saturated rings. The Bertz CT molecular complexity index is 648. The highest BCUT2D eigenvalue weighted by atomic mass is 15.2. The average Bonchev–Trinajstić information content (AvgIpc) is 2.68. The van der Waals surface area contributed by atoms with Crippen molar-refractivity contribution < 1.29 is 0 Å². The first-order chi connectivity index (χ1) is 12.3. The van der Waals surface area contributed by atoms with Gasteiger partial charge in [-0.1, -0.05) is 36.4 Å². The minimum absolute atomic E-state index is 0.474. The Labute approximate surface area is 150 Å². The van der Waals surface area contributed by atoms with Crippen LogP contribution in [0, 0.1) is 0 Å². The molecule has 5 nitrogen and oxygen atoms in total. The fourth-order valence-corrected chi connectivity index (χ4v) is 3.14. The Morgan fingerprint density at radius 1 is 1.12 bits per heavy atom. The van der Waals surface area contributed by atoms with Gasteiger partial charge in [0.2, 0.25) is 0 Å². The molecule has 132 valence electrons. The van der Waals surface area contributed by atoms with Gasteiger partial charge in [-0.25, -0.2) is 0 Å². The molecule has 0 bridgehead atoms. The van der Waals surface area contributed by atoms with Crippen molar-refractivity contribution in [1.29, 1.82) is 0 Å². The van der Waals surface area contributed by atoms with Gasteiger partial charge in [0.1, 0.15) is 0 Å². The van der Waals surface area contributed by atoms with Crippen LogP contribution in [0.4, 0.5) is 0 Å². The van der Waals surface area contributed by atoms with E-state index in [9.17, 15) is 0 Å². The van der Waals surface area contributed by atoms with Crippen molar-refractivity contribution in [1.82, 2.24) is 20.5 Å². The third-order valence-electron chi connectivity index (χ3n) is 4.56. The summed E-state index contributed by atoms with van der Waals surface area (Å²) in [6, 6.07) is 17.1. The highest BCUT2D eigenvalue weighted by molar-refractivity contribution is 5.79. The number of piperidine rings is 1. The second kappa shape index (κ2) is 9.18. The summed E-state index contributed by atoms with van der Waals surface area (Å²) in [6.45, 7) is 3.96. The predicted octanol–water partition coefficient (Wildman–Crippen LogP) is 2.41. The monoisotopic (exact) mass is 337 g/mol. The van der Waals surface area contributed by atoms with Crippen LogP contribution in [0.15, 0.2) is 59.7 Å². The number of nitrogens with zero attached hydrogens (tertiary/aromatic N) is 3. The first kappa shape index (κ1) is 17.4. The summed E-state index contributed by atoms with van der Waals surface area (Å²) in [4.78, 5) is 11.2. The van der Waals surface area contributed by atoms with Crippen LogP contribution in [0.3, 0.4) is 0 Å². The highest BCUT2D eigenvalue weighted by Gasteiger charge is 2.19. The van der Waals surface area contributed by atoms with Crippen LogP contribution in [0.25, 0.3) is 0 Å². The van der Waals surface area contributed by atoms with Gasteiger partial charge in [-0.2, -0.15) is 0 Å². The lowest BCUT2D eigenvalue weighted by Gasteiger charge is -2.33. The highest BCUT2D eigenvalue weighted by Crippen LogP contribution is 2.13. The number of guanidine groups is 1. The fourth-order valence-electron chi connectivity index (χ4n) is 3.14. The topological polar surface area (TPSA) is 52.6 Å². The normalized spacial score (nSPS) is 16.6. The van der Waals surface area contributed by atoms with Gasteiger partial charge >= 0.3 is 0 Å². The van der Waals surface area contributed by atoms with E-state index in [1.54, 1.807) is 0 Å². The first-order valence-electron chi connectivity index (χ1n) is 8.97. The Hall–Kier alpha value is -2.40. The van der Waals surface area contributed by atoms with Crippen LogP contribution >= 0.6 is 0 Å². The average molecular weight is 337 g/mol. The number of aliphatic imine (C=N–C) groups is 1. The molecule has 25 heavy (non-hydrogen) atoms. The summed E-state index contributed by atoms with van der Waals surface area (Å²) in [5.74, 6) is 0.854. The summed E-state index contributed by atoms with van der Waals surface area (Å²) in [5.41, 5.74) is 2.41. The van der Waals surface area contributed by atoms with Gasteiger partial charge in [0.15, 0.2) is 5.96 Å². The molecule has 0 aliphatic carbocycles. The molecular formula is C20H27N5. The molecule has 0 unspecified atom stereocenters. The van der Waals surface area contributed by atoms with E-state index in [0.717, 1.165) is 44.1 Å². The zero-order chi connectivity index (χ0) is 17.3. The van der Waals surface area contributed by atoms with Crippen molar-refractivity contribution in [2.75, 3.05) is 20.1 Å². The molecule has 0 atom stereocenters. The van der Waals surface area contributed by atoms with E-state index in [0.29, 0.717) is 12.6 Å². The van der Waals surface area contributed by atoms with E-state index in [4.69, 9.17) is 0 Å². The van der Waals surface area contributed by atoms with Gasteiger partial charge in [-0.15, -0.1) is 0 Å². The number of hydrogen-bond donors (Lipinski definition) is 2. The number of aromatic nitrogens is 1. The molecule has 1 aromatic carbocycles. The van der Waals surface area contributed by atoms with Crippen LogP contribution in [-0.2, 0) is 13.1 Å². The van der Waals surface area contributed by atoms with Crippen molar-refractivity contribution in [2.45, 2.75) is 32.0 Å². The predicted molar refractivity (Wildman–Crippen MR) is 102 cm³/mol. The SMILES string of the molecule is CN=C(NCc1ccccn1)NC1CCN(Cc2ccccc2)CC1. The first-order valence-corrected chi connectivity index (χ1v) is 8.97. The van der Waals surface area contributed by atoms with Crippen LogP contribution in [0.5, 0.6) is 0 Å². The van der Waals surface area contributed by atoms with E-state index in [1.807, 2.05) is 31.4 Å². The fraction of sp³-hybridized carbons (Fsp3) is 0.400. The maximum Gasteiger partial charge on any atom is 0.191 e. The van der Waals surface area contributed by atoms with E-state index in [2.05, 4.69) is 55.8 Å². The summed E-state index contributed by atoms with van der Waals surface area (Å²) >= 11 is 0. The van der Waals surface area contributed by atoms with Gasteiger partial charge in [0.05, 0.1) is 12.2 Å². The van der Waals surface area contributed by atoms with Crippen molar-refractivity contribution in [2.24, 2.45) is 4.99 Å². The maximum atomic E-state index is 4.34. The molecule has 3 rings (SSSR count). The van der Waals surface area contributed by atoms with Gasteiger partial charge in [-0.3, -0.25) is 14.9 Å². The Morgan fingerprint density at radius 3 is 2.56 bits per heavy atom. The second-order valence-electron chi connectivity index (χ2n) is 6.43. The summed E-state index contributed by atoms with van der Waals surface area (Å²) < 4.78 is 0. The second-order valence-corrected chi connectivity index (χ2v) is 6.43. The Kier molecular flexibility index (Phi) is 6.40. The number of pyridine rings is 1. The van der Waals surface area contributed by atoms with Crippen LogP contribution in [0.1, 0.15) is 24.1 Å². The smallest absolute Gasteiger partial charge is 0.191 e. The Balaban J connectivity index is 1.41. The van der Waals surface area contributed by atoms with Crippen LogP contribution < -0.4 is 10.6 Å². The third kappa shape index (κ3) is 5.57. The molecule has 1 aromatic heterocycles. The lowest BCUT2D eigenvalue weighted by Crippen LogP contribution is -2.48. The minimum atomic E-state index is 0.474. The zero-order valence-corrected chi connectivity index (χ0v) is 14.9. The molecule has 1 aliphatic heterocycles. The van der Waals surface area contributed by atoms with Crippen LogP contribution in [0.2, 0.25) is 0 Å². The molecule has 1 aliphatic rings. The minimum Gasteiger partial charge on any atom is -0.354 e. The molecule has 0 spiro atoms. The lowest BCUT2D eigenvalue weighted by molar-refractivity contribution is 0.198. The zero-order valence-electron chi connectivity index (χ0n) is 14.9. The standard InChI is InChI=1S/C20H27N5/c1-21-20(23-15-19-9-5-6-12-22-19)24-18-10-13-25(14-11-18)16-17-7-3-2-4-8-17/h2-9,12,18H,10-11,13-16H2,1H3,(H2,21,23,24). The van der Waals surface area contributed by atoms with Crippen molar-refractivity contribution >= 4 is 5.96 Å². The molecule has 2 aromatic rings. The van der Waals surface area contributed by atoms with Crippen molar-refractivity contribution in [3.63, 3.8) is 0 Å². The van der Waals surface area contributed by atoms with Gasteiger partial charge < -0.3 is 10.6 Å². The number of rotatable bonds is 5. The largest absolute Gasteiger partial charge is 0.354 e. The summed E-state index contributed by atoms with van der Waals surface area (Å²) in [6.07, 6.45) is 4.09. The quantitative estimate of drug-likeness (QED) is 0.650. The van der Waals surface area contributed by atoms with E-state index in [-0.39, 0.29) is 0 Å². The van der Waals surface area contributed by atoms with E-state index in [1.165, 1.54) is 5.56 Å². The molecule has 0 radical (unpaired) electrons. The van der Waals surface area contributed by atoms with Gasteiger partial charge in [0, 0.05) is 38.9 Å². The summed E-state index contributed by atoms with van der Waals surface area (Å²) in [7, 11) is 1.82. The van der Waals surface area contributed by atoms with Gasteiger partial charge in [-0.05, 0) is 30.5 Å². The third-order valence-corrected chi connectivity index (χ3v) is 4.56. The molecule has 2 N–H and O–H groups in total. The Morgan fingerprint density at radius 2 is 1.88 bits per heavy atom. The van der Waals surface area contributed by atoms with E-state index >= 15 is 0 Å². The van der Waals surface area contributed by atoms with Crippen molar-refractivity contribution in [3.05, 3.63) is 66.0 Å². The molecule has 0 saturated carbocycles. The summed E-state index contributed by atoms with van der Waals surface area (Å²) in [5, 5.41) is 6.89. The lowest BCUT2D eigenvalue weighted by atomic mass is 10.0. The number of nitrogens with one attached hydrogen (secondary N) is 2. The number of hydrogen-bond acceptors (Lipinski definition) is 3. The maximum absolute atomic E-state index is 4.34. The molecule has 1 saturated heterocycles. The van der Waals surface area contributed by atoms with Crippen molar-refractivity contribution in [3.8, 4) is 0 Å².